The van der Waals surface area contributed by atoms with Crippen molar-refractivity contribution in [1.82, 2.24) is 0 Å². The number of hydrogen-bond acceptors (Lipinski definition) is 2. The topological polar surface area (TPSA) is 46.5 Å². The number of rotatable bonds is 5. The van der Waals surface area contributed by atoms with Crippen LogP contribution in [0.25, 0.3) is 0 Å². The Bertz CT molecular complexity index is 397. The van der Waals surface area contributed by atoms with Crippen molar-refractivity contribution in [2.75, 3.05) is 0 Å². The maximum atomic E-state index is 10.4. The first-order valence-electron chi connectivity index (χ1n) is 5.24. The number of aryl methyl sites for hydroxylation is 1. The third kappa shape index (κ3) is 4.56. The smallest absolute Gasteiger partial charge is 0.303 e. The fourth-order valence-corrected chi connectivity index (χ4v) is 2.44. The molecule has 1 atom stereocenters. The molecule has 0 aliphatic heterocycles. The average molecular weight is 322 g/mol. The van der Waals surface area contributed by atoms with E-state index in [0.29, 0.717) is 17.2 Å². The third-order valence-corrected chi connectivity index (χ3v) is 3.02. The molecule has 0 radical (unpaired) electrons. The molecule has 1 rings (SSSR count). The lowest BCUT2D eigenvalue weighted by Gasteiger charge is -2.17. The van der Waals surface area contributed by atoms with E-state index in [1.165, 1.54) is 0 Å². The highest BCUT2D eigenvalue weighted by molar-refractivity contribution is 9.10. The average Bonchev–Trinajstić information content (AvgIpc) is 2.20. The minimum atomic E-state index is -0.820. The monoisotopic (exact) mass is 320 g/mol. The molecule has 5 heteroatoms. The van der Waals surface area contributed by atoms with E-state index < -0.39 is 5.97 Å². The second kappa shape index (κ2) is 6.26. The number of carbonyl (C=O) groups is 1. The van der Waals surface area contributed by atoms with E-state index in [0.717, 1.165) is 10.0 Å². The summed E-state index contributed by atoms with van der Waals surface area (Å²) >= 11 is 9.42. The van der Waals surface area contributed by atoms with E-state index in [4.69, 9.17) is 21.4 Å². The number of hydrogen-bond donors (Lipinski definition) is 1. The Morgan fingerprint density at radius 3 is 2.76 bits per heavy atom. The molecular formula is C12H14BrClO3. The van der Waals surface area contributed by atoms with Gasteiger partial charge in [0.15, 0.2) is 0 Å². The summed E-state index contributed by atoms with van der Waals surface area (Å²) in [5, 5.41) is 9.11. The number of benzene rings is 1. The van der Waals surface area contributed by atoms with Gasteiger partial charge in [-0.05, 0) is 38.0 Å². The molecule has 17 heavy (non-hydrogen) atoms. The molecule has 0 heterocycles. The molecule has 0 aromatic heterocycles. The van der Waals surface area contributed by atoms with Crippen LogP contribution >= 0.6 is 27.5 Å². The standard InChI is InChI=1S/C12H14BrClO3/c1-7-5-9(13)6-10(14)12(7)17-8(2)3-4-11(15)16/h5-6,8H,3-4H2,1-2H3,(H,15,16). The van der Waals surface area contributed by atoms with Crippen LogP contribution in [0.3, 0.4) is 0 Å². The van der Waals surface area contributed by atoms with E-state index in [1.807, 2.05) is 19.9 Å². The van der Waals surface area contributed by atoms with Crippen LogP contribution in [0.15, 0.2) is 16.6 Å². The maximum Gasteiger partial charge on any atom is 0.303 e. The normalized spacial score (nSPS) is 12.2. The number of halogens is 2. The molecule has 3 nitrogen and oxygen atoms in total. The van der Waals surface area contributed by atoms with Gasteiger partial charge >= 0.3 is 5.97 Å². The molecular weight excluding hydrogens is 307 g/mol. The molecule has 1 aromatic rings. The Hall–Kier alpha value is -0.740. The summed E-state index contributed by atoms with van der Waals surface area (Å²) in [7, 11) is 0. The number of aliphatic carboxylic acids is 1. The van der Waals surface area contributed by atoms with Crippen LogP contribution in [-0.4, -0.2) is 17.2 Å². The molecule has 94 valence electrons. The van der Waals surface area contributed by atoms with E-state index in [-0.39, 0.29) is 12.5 Å². The Labute approximate surface area is 114 Å². The van der Waals surface area contributed by atoms with Crippen LogP contribution in [0, 0.1) is 6.92 Å². The SMILES string of the molecule is Cc1cc(Br)cc(Cl)c1OC(C)CCC(=O)O. The van der Waals surface area contributed by atoms with Crippen LogP contribution in [-0.2, 0) is 4.79 Å². The Balaban J connectivity index is 2.71. The van der Waals surface area contributed by atoms with Crippen molar-refractivity contribution in [2.24, 2.45) is 0 Å². The van der Waals surface area contributed by atoms with Crippen molar-refractivity contribution in [3.05, 3.63) is 27.2 Å². The van der Waals surface area contributed by atoms with Crippen molar-refractivity contribution >= 4 is 33.5 Å². The van der Waals surface area contributed by atoms with Gasteiger partial charge in [0.25, 0.3) is 0 Å². The molecule has 1 unspecified atom stereocenters. The van der Waals surface area contributed by atoms with Gasteiger partial charge in [-0.2, -0.15) is 0 Å². The fraction of sp³-hybridized carbons (Fsp3) is 0.417. The van der Waals surface area contributed by atoms with Gasteiger partial charge in [0.1, 0.15) is 5.75 Å². The molecule has 0 bridgehead atoms. The van der Waals surface area contributed by atoms with Gasteiger partial charge in [0, 0.05) is 10.9 Å². The lowest BCUT2D eigenvalue weighted by molar-refractivity contribution is -0.137. The minimum absolute atomic E-state index is 0.0916. The van der Waals surface area contributed by atoms with Crippen LogP contribution in [0.2, 0.25) is 5.02 Å². The zero-order chi connectivity index (χ0) is 13.0. The fourth-order valence-electron chi connectivity index (χ4n) is 1.43. The maximum absolute atomic E-state index is 10.4. The molecule has 0 saturated heterocycles. The highest BCUT2D eigenvalue weighted by Crippen LogP contribution is 2.33. The van der Waals surface area contributed by atoms with Gasteiger partial charge in [-0.3, -0.25) is 4.79 Å². The summed E-state index contributed by atoms with van der Waals surface area (Å²) < 4.78 is 6.56. The van der Waals surface area contributed by atoms with Gasteiger partial charge in [0.2, 0.25) is 0 Å². The van der Waals surface area contributed by atoms with E-state index in [1.54, 1.807) is 6.07 Å². The third-order valence-electron chi connectivity index (χ3n) is 2.28. The first-order chi connectivity index (χ1) is 7.90. The van der Waals surface area contributed by atoms with Crippen molar-refractivity contribution in [3.8, 4) is 5.75 Å². The van der Waals surface area contributed by atoms with Gasteiger partial charge < -0.3 is 9.84 Å². The molecule has 0 amide bonds. The second-order valence-electron chi connectivity index (χ2n) is 3.89. The summed E-state index contributed by atoms with van der Waals surface area (Å²) in [6, 6.07) is 3.67. The van der Waals surface area contributed by atoms with Gasteiger partial charge in [-0.15, -0.1) is 0 Å². The van der Waals surface area contributed by atoms with E-state index in [2.05, 4.69) is 15.9 Å². The second-order valence-corrected chi connectivity index (χ2v) is 5.22. The van der Waals surface area contributed by atoms with Crippen LogP contribution in [0.5, 0.6) is 5.75 Å². The van der Waals surface area contributed by atoms with Crippen molar-refractivity contribution in [3.63, 3.8) is 0 Å². The van der Waals surface area contributed by atoms with E-state index in [9.17, 15) is 4.79 Å². The number of ether oxygens (including phenoxy) is 1. The lowest BCUT2D eigenvalue weighted by Crippen LogP contribution is -2.14. The van der Waals surface area contributed by atoms with Gasteiger partial charge in [-0.1, -0.05) is 27.5 Å². The zero-order valence-corrected chi connectivity index (χ0v) is 12.0. The molecule has 0 aliphatic rings. The number of carboxylic acids is 1. The largest absolute Gasteiger partial charge is 0.489 e. The predicted octanol–water partition coefficient (Wildman–Crippen LogP) is 4.04. The number of carboxylic acid groups (broad SMARTS) is 1. The summed E-state index contributed by atoms with van der Waals surface area (Å²) in [5.41, 5.74) is 0.923. The van der Waals surface area contributed by atoms with E-state index >= 15 is 0 Å². The van der Waals surface area contributed by atoms with Crippen LogP contribution in [0.1, 0.15) is 25.3 Å². The predicted molar refractivity (Wildman–Crippen MR) is 70.8 cm³/mol. The van der Waals surface area contributed by atoms with Crippen LogP contribution in [0.4, 0.5) is 0 Å². The first-order valence-corrected chi connectivity index (χ1v) is 6.41. The molecule has 1 N–H and O–H groups in total. The highest BCUT2D eigenvalue weighted by atomic mass is 79.9. The molecule has 1 aromatic carbocycles. The van der Waals surface area contributed by atoms with Crippen LogP contribution < -0.4 is 4.74 Å². The Morgan fingerprint density at radius 1 is 1.59 bits per heavy atom. The molecule has 0 aliphatic carbocycles. The molecule has 0 fully saturated rings. The van der Waals surface area contributed by atoms with Crippen molar-refractivity contribution in [1.29, 1.82) is 0 Å². The Morgan fingerprint density at radius 2 is 2.24 bits per heavy atom. The zero-order valence-electron chi connectivity index (χ0n) is 9.67. The highest BCUT2D eigenvalue weighted by Gasteiger charge is 2.12. The van der Waals surface area contributed by atoms with Gasteiger partial charge in [0.05, 0.1) is 11.1 Å². The molecule has 0 saturated carbocycles. The van der Waals surface area contributed by atoms with Gasteiger partial charge in [-0.25, -0.2) is 0 Å². The molecule has 0 spiro atoms. The minimum Gasteiger partial charge on any atom is -0.489 e. The lowest BCUT2D eigenvalue weighted by atomic mass is 10.2. The summed E-state index contributed by atoms with van der Waals surface area (Å²) in [6.45, 7) is 3.73. The quantitative estimate of drug-likeness (QED) is 0.890. The summed E-state index contributed by atoms with van der Waals surface area (Å²) in [6.07, 6.45) is 0.374. The first kappa shape index (κ1) is 14.3. The Kier molecular flexibility index (Phi) is 5.28. The summed E-state index contributed by atoms with van der Waals surface area (Å²) in [4.78, 5) is 10.4. The van der Waals surface area contributed by atoms with Crippen molar-refractivity contribution in [2.45, 2.75) is 32.8 Å². The van der Waals surface area contributed by atoms with Crippen molar-refractivity contribution < 1.29 is 14.6 Å². The summed E-state index contributed by atoms with van der Waals surface area (Å²) in [5.74, 6) is -0.202.